The standard InChI is InChI=1S/C23H43NO6.C14H11NO2.C10H14.C5H10O2/c1-6-9-13-19(7-2)18-30-20(25)14-11-10-12-16-29-22(27)24-15-17-28-21(26)23(4,5)8-3;1-2-15-13(16)10-7-3-5-9-6-4-8-11(12(9)10)14(15)17;1-3-9(2)10-7-5-4-6-8-10;1-3-4(2)5(6)7/h19H,6-18H2,1-5H3,(H,24,27);3-8H,2H2,1H3;4-9H,3H2,1-2H3;4H,3H2,1-2H3,(H,6,7). The van der Waals surface area contributed by atoms with Crippen LogP contribution >= 0.6 is 0 Å². The van der Waals surface area contributed by atoms with Gasteiger partial charge in [-0.25, -0.2) is 4.79 Å². The number of nitrogens with one attached hydrogen (secondary N) is 1. The van der Waals surface area contributed by atoms with Crippen LogP contribution in [0.15, 0.2) is 66.7 Å². The molecule has 0 aromatic heterocycles. The van der Waals surface area contributed by atoms with Crippen molar-refractivity contribution >= 4 is 46.6 Å². The second-order valence-corrected chi connectivity index (χ2v) is 16.8. The van der Waals surface area contributed by atoms with E-state index in [-0.39, 0.29) is 42.8 Å². The van der Waals surface area contributed by atoms with Crippen LogP contribution in [0.2, 0.25) is 0 Å². The summed E-state index contributed by atoms with van der Waals surface area (Å²) in [5, 5.41) is 12.5. The van der Waals surface area contributed by atoms with Crippen LogP contribution in [0.5, 0.6) is 0 Å². The lowest BCUT2D eigenvalue weighted by Crippen LogP contribution is -2.39. The Kier molecular flexibility index (Phi) is 28.0. The predicted octanol–water partition coefficient (Wildman–Crippen LogP) is 11.8. The van der Waals surface area contributed by atoms with Crippen LogP contribution in [-0.2, 0) is 28.6 Å². The number of ether oxygens (including phenoxy) is 3. The first-order valence-electron chi connectivity index (χ1n) is 23.4. The van der Waals surface area contributed by atoms with E-state index in [1.807, 2.05) is 58.9 Å². The van der Waals surface area contributed by atoms with Gasteiger partial charge < -0.3 is 24.6 Å². The minimum Gasteiger partial charge on any atom is -0.481 e. The highest BCUT2D eigenvalue weighted by atomic mass is 16.6. The molecule has 2 N–H and O–H groups in total. The number of rotatable bonds is 22. The summed E-state index contributed by atoms with van der Waals surface area (Å²) >= 11 is 0. The summed E-state index contributed by atoms with van der Waals surface area (Å²) < 4.78 is 15.6. The number of nitrogens with zero attached hydrogens (tertiary/aromatic N) is 1. The molecule has 0 aliphatic carbocycles. The molecule has 4 rings (SSSR count). The number of benzene rings is 3. The number of carboxylic acid groups (broad SMARTS) is 1. The fraction of sp³-hybridized carbons (Fsp3) is 0.577. The van der Waals surface area contributed by atoms with Gasteiger partial charge >= 0.3 is 24.0 Å². The molecular weight excluding hydrogens is 813 g/mol. The molecule has 12 heteroatoms. The number of alkyl carbamates (subject to hydrolysis) is 1. The monoisotopic (exact) mass is 891 g/mol. The van der Waals surface area contributed by atoms with Gasteiger partial charge in [-0.1, -0.05) is 122 Å². The first-order valence-corrected chi connectivity index (χ1v) is 23.4. The second kappa shape index (κ2) is 31.6. The molecule has 3 amide bonds. The minimum atomic E-state index is -0.706. The van der Waals surface area contributed by atoms with Gasteiger partial charge in [0.2, 0.25) is 0 Å². The lowest BCUT2D eigenvalue weighted by molar-refractivity contribution is -0.154. The highest BCUT2D eigenvalue weighted by Gasteiger charge is 2.31. The molecule has 3 atom stereocenters. The summed E-state index contributed by atoms with van der Waals surface area (Å²) in [5.74, 6) is -0.524. The Morgan fingerprint density at radius 2 is 1.34 bits per heavy atom. The van der Waals surface area contributed by atoms with Crippen molar-refractivity contribution in [1.82, 2.24) is 10.2 Å². The maximum Gasteiger partial charge on any atom is 0.407 e. The maximum atomic E-state index is 12.1. The van der Waals surface area contributed by atoms with E-state index in [0.717, 1.165) is 49.3 Å². The molecule has 0 fully saturated rings. The number of unbranched alkanes of at least 4 members (excludes halogenated alkanes) is 3. The summed E-state index contributed by atoms with van der Waals surface area (Å²) in [7, 11) is 0. The van der Waals surface area contributed by atoms with E-state index in [2.05, 4.69) is 63.3 Å². The van der Waals surface area contributed by atoms with Gasteiger partial charge in [0.05, 0.1) is 31.1 Å². The van der Waals surface area contributed by atoms with E-state index in [1.165, 1.54) is 23.3 Å². The fourth-order valence-corrected chi connectivity index (χ4v) is 6.14. The average molecular weight is 891 g/mol. The van der Waals surface area contributed by atoms with Gasteiger partial charge in [-0.05, 0) is 101 Å². The summed E-state index contributed by atoms with van der Waals surface area (Å²) in [6, 6.07) is 21.7. The number of carbonyl (C=O) groups is 6. The van der Waals surface area contributed by atoms with Gasteiger partial charge in [-0.15, -0.1) is 0 Å². The number of hydrogen-bond acceptors (Lipinski definition) is 9. The van der Waals surface area contributed by atoms with Crippen molar-refractivity contribution < 1.29 is 48.1 Å². The van der Waals surface area contributed by atoms with Crippen molar-refractivity contribution in [1.29, 1.82) is 0 Å². The molecule has 3 aromatic rings. The molecule has 356 valence electrons. The Hall–Kier alpha value is -5.26. The van der Waals surface area contributed by atoms with Crippen LogP contribution in [-0.4, -0.2) is 78.7 Å². The third kappa shape index (κ3) is 20.5. The molecule has 0 saturated heterocycles. The fourth-order valence-electron chi connectivity index (χ4n) is 6.14. The number of imide groups is 1. The zero-order valence-electron chi connectivity index (χ0n) is 40.5. The van der Waals surface area contributed by atoms with Gasteiger partial charge in [0.25, 0.3) is 11.8 Å². The first-order chi connectivity index (χ1) is 30.5. The van der Waals surface area contributed by atoms with Crippen molar-refractivity contribution in [3.05, 3.63) is 83.4 Å². The van der Waals surface area contributed by atoms with Crippen molar-refractivity contribution in [3.8, 4) is 0 Å². The molecule has 64 heavy (non-hydrogen) atoms. The number of hydrogen-bond donors (Lipinski definition) is 2. The average Bonchev–Trinajstić information content (AvgIpc) is 3.31. The van der Waals surface area contributed by atoms with Crippen LogP contribution in [0, 0.1) is 17.3 Å². The number of aliphatic carboxylic acids is 1. The number of esters is 2. The van der Waals surface area contributed by atoms with E-state index in [9.17, 15) is 28.8 Å². The van der Waals surface area contributed by atoms with Crippen molar-refractivity contribution in [2.24, 2.45) is 17.3 Å². The number of carbonyl (C=O) groups excluding carboxylic acids is 5. The van der Waals surface area contributed by atoms with Crippen LogP contribution in [0.3, 0.4) is 0 Å². The quantitative estimate of drug-likeness (QED) is 0.0429. The summed E-state index contributed by atoms with van der Waals surface area (Å²) in [4.78, 5) is 70.7. The molecule has 0 bridgehead atoms. The van der Waals surface area contributed by atoms with Gasteiger partial charge in [-0.2, -0.15) is 0 Å². The largest absolute Gasteiger partial charge is 0.481 e. The van der Waals surface area contributed by atoms with Crippen molar-refractivity contribution in [2.75, 3.05) is 32.9 Å². The Morgan fingerprint density at radius 1 is 0.719 bits per heavy atom. The van der Waals surface area contributed by atoms with E-state index in [0.29, 0.717) is 62.0 Å². The number of amides is 3. The van der Waals surface area contributed by atoms with Crippen LogP contribution in [0.25, 0.3) is 10.8 Å². The zero-order valence-corrected chi connectivity index (χ0v) is 40.5. The van der Waals surface area contributed by atoms with Gasteiger partial charge in [0.1, 0.15) is 6.61 Å². The first kappa shape index (κ1) is 56.8. The molecule has 12 nitrogen and oxygen atoms in total. The Labute approximate surface area is 383 Å². The number of carboxylic acids is 1. The van der Waals surface area contributed by atoms with E-state index in [1.54, 1.807) is 19.1 Å². The van der Waals surface area contributed by atoms with E-state index < -0.39 is 17.5 Å². The predicted molar refractivity (Wildman–Crippen MR) is 254 cm³/mol. The highest BCUT2D eigenvalue weighted by molar-refractivity contribution is 6.25. The molecule has 0 spiro atoms. The normalized spacial score (nSPS) is 13.1. The van der Waals surface area contributed by atoms with Crippen LogP contribution in [0.4, 0.5) is 4.79 Å². The molecule has 0 radical (unpaired) electrons. The topological polar surface area (TPSA) is 166 Å². The van der Waals surface area contributed by atoms with Crippen molar-refractivity contribution in [3.63, 3.8) is 0 Å². The lowest BCUT2D eigenvalue weighted by atomic mass is 9.91. The highest BCUT2D eigenvalue weighted by Crippen LogP contribution is 2.29. The van der Waals surface area contributed by atoms with Gasteiger partial charge in [-0.3, -0.25) is 28.9 Å². The molecule has 1 heterocycles. The Morgan fingerprint density at radius 3 is 1.84 bits per heavy atom. The molecular formula is C52H78N2O10. The molecule has 1 aliphatic rings. The van der Waals surface area contributed by atoms with Crippen LogP contribution < -0.4 is 5.32 Å². The second-order valence-electron chi connectivity index (χ2n) is 16.8. The smallest absolute Gasteiger partial charge is 0.407 e. The minimum absolute atomic E-state index is 0.122. The third-order valence-corrected chi connectivity index (χ3v) is 11.5. The third-order valence-electron chi connectivity index (χ3n) is 11.5. The molecule has 3 unspecified atom stereocenters. The maximum absolute atomic E-state index is 12.1. The van der Waals surface area contributed by atoms with E-state index >= 15 is 0 Å². The summed E-state index contributed by atoms with van der Waals surface area (Å²) in [6.07, 6.45) is 9.18. The zero-order chi connectivity index (χ0) is 48.1. The Balaban J connectivity index is 0.000000495. The Bertz CT molecular complexity index is 1810. The summed E-state index contributed by atoms with van der Waals surface area (Å²) in [5.41, 5.74) is 2.18. The van der Waals surface area contributed by atoms with E-state index in [4.69, 9.17) is 19.3 Å². The SMILES string of the molecule is CCC(C)C(=O)O.CCC(C)c1ccccc1.CCCCC(CC)COC(=O)CCCCCOC(=O)NCCOC(=O)C(C)(C)CC.CCN1C(=O)c2cccc3cccc(c23)C1=O. The molecule has 1 aliphatic heterocycles. The molecule has 3 aromatic carbocycles. The summed E-state index contributed by atoms with van der Waals surface area (Å²) in [6.45, 7) is 21.3. The van der Waals surface area contributed by atoms with Gasteiger partial charge in [0.15, 0.2) is 0 Å². The van der Waals surface area contributed by atoms with Crippen LogP contribution in [0.1, 0.15) is 172 Å². The van der Waals surface area contributed by atoms with Crippen molar-refractivity contribution in [2.45, 2.75) is 146 Å². The lowest BCUT2D eigenvalue weighted by Gasteiger charge is -2.25. The molecule has 0 saturated carbocycles. The van der Waals surface area contributed by atoms with Gasteiger partial charge in [0, 0.05) is 29.5 Å².